The van der Waals surface area contributed by atoms with Crippen LogP contribution in [0.3, 0.4) is 0 Å². The number of carbonyl (C=O) groups is 3. The van der Waals surface area contributed by atoms with Crippen molar-refractivity contribution < 1.29 is 14.4 Å². The van der Waals surface area contributed by atoms with Gasteiger partial charge in [0.2, 0.25) is 17.7 Å². The van der Waals surface area contributed by atoms with Crippen molar-refractivity contribution in [2.24, 2.45) is 5.41 Å². The summed E-state index contributed by atoms with van der Waals surface area (Å²) in [6.07, 6.45) is 1.38. The van der Waals surface area contributed by atoms with Crippen LogP contribution in [0.25, 0.3) is 10.4 Å². The summed E-state index contributed by atoms with van der Waals surface area (Å²) in [6.45, 7) is 11.6. The second kappa shape index (κ2) is 10.0. The average molecular weight is 471 g/mol. The molecule has 2 heterocycles. The number of rotatable bonds is 6. The molecule has 1 unspecified atom stereocenters. The lowest BCUT2D eigenvalue weighted by Crippen LogP contribution is -2.57. The molecule has 2 N–H and O–H groups in total. The second-order valence-corrected chi connectivity index (χ2v) is 10.7. The van der Waals surface area contributed by atoms with Crippen LogP contribution in [0.2, 0.25) is 0 Å². The molecule has 0 bridgehead atoms. The van der Waals surface area contributed by atoms with Crippen molar-refractivity contribution in [2.45, 2.75) is 72.5 Å². The van der Waals surface area contributed by atoms with Crippen LogP contribution in [0.1, 0.15) is 64.8 Å². The highest BCUT2D eigenvalue weighted by Crippen LogP contribution is 2.29. The van der Waals surface area contributed by atoms with Crippen molar-refractivity contribution >= 4 is 29.1 Å². The van der Waals surface area contributed by atoms with E-state index in [-0.39, 0.29) is 23.8 Å². The number of carbonyl (C=O) groups excluding carboxylic acids is 3. The number of aromatic nitrogens is 1. The topological polar surface area (TPSA) is 91.4 Å². The van der Waals surface area contributed by atoms with E-state index in [1.165, 1.54) is 6.92 Å². The number of hydrogen-bond acceptors (Lipinski definition) is 5. The summed E-state index contributed by atoms with van der Waals surface area (Å²) in [5.41, 5.74) is 4.49. The van der Waals surface area contributed by atoms with Gasteiger partial charge in [-0.1, -0.05) is 45.0 Å². The molecule has 33 heavy (non-hydrogen) atoms. The van der Waals surface area contributed by atoms with Crippen LogP contribution in [0.15, 0.2) is 29.8 Å². The molecule has 0 radical (unpaired) electrons. The normalized spacial score (nSPS) is 18.0. The van der Waals surface area contributed by atoms with Crippen molar-refractivity contribution in [3.05, 3.63) is 41.0 Å². The van der Waals surface area contributed by atoms with Gasteiger partial charge < -0.3 is 15.5 Å². The molecule has 2 aromatic rings. The third-order valence-electron chi connectivity index (χ3n) is 6.08. The Labute approximate surface area is 200 Å². The zero-order chi connectivity index (χ0) is 24.3. The predicted octanol–water partition coefficient (Wildman–Crippen LogP) is 3.84. The summed E-state index contributed by atoms with van der Waals surface area (Å²) in [6, 6.07) is 6.73. The van der Waals surface area contributed by atoms with Gasteiger partial charge in [-0.25, -0.2) is 4.98 Å². The first-order valence-corrected chi connectivity index (χ1v) is 12.3. The fourth-order valence-electron chi connectivity index (χ4n) is 4.22. The maximum Gasteiger partial charge on any atom is 0.246 e. The molecule has 178 valence electrons. The van der Waals surface area contributed by atoms with E-state index in [9.17, 15) is 14.4 Å². The number of nitrogens with zero attached hydrogens (tertiary/aromatic N) is 2. The monoisotopic (exact) mass is 470 g/mol. The van der Waals surface area contributed by atoms with E-state index in [0.717, 1.165) is 28.1 Å². The summed E-state index contributed by atoms with van der Waals surface area (Å²) in [5.74, 6) is -0.618. The predicted molar refractivity (Wildman–Crippen MR) is 131 cm³/mol. The summed E-state index contributed by atoms with van der Waals surface area (Å²) in [5, 5.41) is 5.85. The van der Waals surface area contributed by atoms with Gasteiger partial charge in [-0.05, 0) is 43.2 Å². The highest BCUT2D eigenvalue weighted by Gasteiger charge is 2.41. The minimum atomic E-state index is -0.677. The number of benzene rings is 1. The molecule has 0 spiro atoms. The standard InChI is InChI=1S/C25H34N4O3S/c1-15(18-9-11-19(12-10-18)21-16(2)26-14-33-21)27-23(31)20-8-7-13-29(20)24(32)22(25(4,5)6)28-17(3)30/h9-12,14-15,20,22H,7-8,13H2,1-6H3,(H,27,31)(H,28,30)/t15?,20-,22+/m0/s1. The molecule has 1 aliphatic rings. The number of thiazole rings is 1. The second-order valence-electron chi connectivity index (χ2n) is 9.81. The molecular formula is C25H34N4O3S. The zero-order valence-corrected chi connectivity index (χ0v) is 21.1. The smallest absolute Gasteiger partial charge is 0.246 e. The quantitative estimate of drug-likeness (QED) is 0.671. The van der Waals surface area contributed by atoms with Gasteiger partial charge in [0.25, 0.3) is 0 Å². The first kappa shape index (κ1) is 24.9. The first-order chi connectivity index (χ1) is 15.5. The van der Waals surface area contributed by atoms with E-state index in [0.29, 0.717) is 13.0 Å². The molecule has 1 saturated heterocycles. The lowest BCUT2D eigenvalue weighted by atomic mass is 9.85. The van der Waals surface area contributed by atoms with Crippen molar-refractivity contribution in [3.8, 4) is 10.4 Å². The van der Waals surface area contributed by atoms with E-state index in [1.54, 1.807) is 16.2 Å². The number of amides is 3. The Morgan fingerprint density at radius 3 is 2.36 bits per heavy atom. The van der Waals surface area contributed by atoms with Crippen LogP contribution < -0.4 is 10.6 Å². The van der Waals surface area contributed by atoms with Gasteiger partial charge in [-0.3, -0.25) is 14.4 Å². The Kier molecular flexibility index (Phi) is 7.57. The van der Waals surface area contributed by atoms with E-state index >= 15 is 0 Å². The molecule has 1 fully saturated rings. The van der Waals surface area contributed by atoms with Gasteiger partial charge in [-0.2, -0.15) is 0 Å². The van der Waals surface area contributed by atoms with Gasteiger partial charge in [-0.15, -0.1) is 11.3 Å². The van der Waals surface area contributed by atoms with Crippen LogP contribution >= 0.6 is 11.3 Å². The van der Waals surface area contributed by atoms with Crippen LogP contribution in [0.5, 0.6) is 0 Å². The Bertz CT molecular complexity index is 1010. The number of hydrogen-bond donors (Lipinski definition) is 2. The summed E-state index contributed by atoms with van der Waals surface area (Å²) in [7, 11) is 0. The number of aryl methyl sites for hydroxylation is 1. The van der Waals surface area contributed by atoms with Gasteiger partial charge >= 0.3 is 0 Å². The third kappa shape index (κ3) is 5.79. The van der Waals surface area contributed by atoms with Crippen molar-refractivity contribution in [1.29, 1.82) is 0 Å². The minimum absolute atomic E-state index is 0.161. The lowest BCUT2D eigenvalue weighted by molar-refractivity contribution is -0.143. The number of nitrogens with one attached hydrogen (secondary N) is 2. The number of likely N-dealkylation sites (tertiary alicyclic amines) is 1. The maximum atomic E-state index is 13.3. The SMILES string of the molecule is CC(=O)N[C@H](C(=O)N1CCC[C@H]1C(=O)NC(C)c1ccc(-c2scnc2C)cc1)C(C)(C)C. The van der Waals surface area contributed by atoms with E-state index in [1.807, 2.05) is 64.4 Å². The molecule has 0 saturated carbocycles. The highest BCUT2D eigenvalue weighted by atomic mass is 32.1. The third-order valence-corrected chi connectivity index (χ3v) is 7.05. The zero-order valence-electron chi connectivity index (χ0n) is 20.3. The fourth-order valence-corrected chi connectivity index (χ4v) is 5.03. The summed E-state index contributed by atoms with van der Waals surface area (Å²) in [4.78, 5) is 45.2. The molecule has 8 heteroatoms. The van der Waals surface area contributed by atoms with Gasteiger partial charge in [0, 0.05) is 13.5 Å². The Morgan fingerprint density at radius 1 is 1.15 bits per heavy atom. The molecule has 3 amide bonds. The highest BCUT2D eigenvalue weighted by molar-refractivity contribution is 7.13. The van der Waals surface area contributed by atoms with Gasteiger partial charge in [0.05, 0.1) is 22.1 Å². The lowest BCUT2D eigenvalue weighted by Gasteiger charge is -2.35. The molecular weight excluding hydrogens is 436 g/mol. The molecule has 3 atom stereocenters. The molecule has 7 nitrogen and oxygen atoms in total. The Balaban J connectivity index is 1.69. The van der Waals surface area contributed by atoms with Crippen molar-refractivity contribution in [1.82, 2.24) is 20.5 Å². The Hall–Kier alpha value is -2.74. The molecule has 1 aromatic carbocycles. The summed E-state index contributed by atoms with van der Waals surface area (Å²) >= 11 is 1.61. The molecule has 0 aliphatic carbocycles. The molecule has 3 rings (SSSR count). The molecule has 1 aliphatic heterocycles. The van der Waals surface area contributed by atoms with Gasteiger partial charge in [0.15, 0.2) is 0 Å². The van der Waals surface area contributed by atoms with Crippen molar-refractivity contribution in [2.75, 3.05) is 6.54 Å². The average Bonchev–Trinajstić information content (AvgIpc) is 3.40. The maximum absolute atomic E-state index is 13.3. The van der Waals surface area contributed by atoms with Crippen LogP contribution in [-0.2, 0) is 14.4 Å². The van der Waals surface area contributed by atoms with Gasteiger partial charge in [0.1, 0.15) is 12.1 Å². The van der Waals surface area contributed by atoms with Crippen LogP contribution in [0, 0.1) is 12.3 Å². The van der Waals surface area contributed by atoms with E-state index in [4.69, 9.17) is 0 Å². The fraction of sp³-hybridized carbons (Fsp3) is 0.520. The van der Waals surface area contributed by atoms with Crippen molar-refractivity contribution in [3.63, 3.8) is 0 Å². The van der Waals surface area contributed by atoms with E-state index < -0.39 is 17.5 Å². The minimum Gasteiger partial charge on any atom is -0.348 e. The first-order valence-electron chi connectivity index (χ1n) is 11.4. The molecule has 1 aromatic heterocycles. The largest absolute Gasteiger partial charge is 0.348 e. The van der Waals surface area contributed by atoms with Crippen LogP contribution in [0.4, 0.5) is 0 Å². The van der Waals surface area contributed by atoms with E-state index in [2.05, 4.69) is 15.6 Å². The Morgan fingerprint density at radius 2 is 1.82 bits per heavy atom. The summed E-state index contributed by atoms with van der Waals surface area (Å²) < 4.78 is 0. The van der Waals surface area contributed by atoms with Crippen LogP contribution in [-0.4, -0.2) is 46.2 Å².